The number of halogens is 1. The maximum absolute atomic E-state index is 11.8. The molecule has 1 saturated heterocycles. The Kier molecular flexibility index (Phi) is 7.04. The number of piperidine rings is 1. The molecule has 1 rings (SSSR count). The molecule has 0 aromatic heterocycles. The summed E-state index contributed by atoms with van der Waals surface area (Å²) in [6.07, 6.45) is 4.83. The number of hydrogen-bond donors (Lipinski definition) is 1. The summed E-state index contributed by atoms with van der Waals surface area (Å²) in [5.41, 5.74) is 5.49. The van der Waals surface area contributed by atoms with Gasteiger partial charge in [0.25, 0.3) is 0 Å². The number of nitrogens with two attached hydrogens (primary N) is 1. The van der Waals surface area contributed by atoms with E-state index in [1.165, 1.54) is 0 Å². The van der Waals surface area contributed by atoms with Crippen molar-refractivity contribution in [2.75, 3.05) is 25.1 Å². The monoisotopic (exact) mass is 284 g/mol. The summed E-state index contributed by atoms with van der Waals surface area (Å²) in [5.74, 6) is -0.658. The molecule has 1 amide bonds. The van der Waals surface area contributed by atoms with Gasteiger partial charge in [-0.2, -0.15) is 0 Å². The van der Waals surface area contributed by atoms with E-state index in [4.69, 9.17) is 5.73 Å². The predicted octanol–water partition coefficient (Wildman–Crippen LogP) is 0.183. The van der Waals surface area contributed by atoms with Gasteiger partial charge in [0.1, 0.15) is 5.75 Å². The number of nitrogens with zero attached hydrogens (tertiary/aromatic N) is 1. The first-order valence-electron chi connectivity index (χ1n) is 5.61. The van der Waals surface area contributed by atoms with Crippen LogP contribution in [-0.2, 0) is 14.6 Å². The van der Waals surface area contributed by atoms with Gasteiger partial charge >= 0.3 is 0 Å². The molecule has 1 heterocycles. The average Bonchev–Trinajstić information content (AvgIpc) is 2.16. The van der Waals surface area contributed by atoms with E-state index in [1.807, 2.05) is 0 Å². The highest BCUT2D eigenvalue weighted by Gasteiger charge is 2.27. The zero-order valence-electron chi connectivity index (χ0n) is 10.1. The topological polar surface area (TPSA) is 80.5 Å². The van der Waals surface area contributed by atoms with Crippen LogP contribution in [0, 0.1) is 0 Å². The van der Waals surface area contributed by atoms with E-state index in [9.17, 15) is 13.2 Å². The largest absolute Gasteiger partial charge is 0.339 e. The first kappa shape index (κ1) is 16.7. The van der Waals surface area contributed by atoms with Gasteiger partial charge in [-0.1, -0.05) is 0 Å². The molecular formula is C10H21ClN2O3S. The molecule has 1 unspecified atom stereocenters. The van der Waals surface area contributed by atoms with Gasteiger partial charge in [-0.3, -0.25) is 4.79 Å². The van der Waals surface area contributed by atoms with Crippen LogP contribution >= 0.6 is 12.4 Å². The van der Waals surface area contributed by atoms with E-state index in [0.717, 1.165) is 31.9 Å². The molecule has 7 heteroatoms. The lowest BCUT2D eigenvalue weighted by atomic mass is 9.99. The minimum Gasteiger partial charge on any atom is -0.339 e. The van der Waals surface area contributed by atoms with Crippen molar-refractivity contribution in [3.05, 3.63) is 0 Å². The molecule has 102 valence electrons. The summed E-state index contributed by atoms with van der Waals surface area (Å²) < 4.78 is 22.2. The van der Waals surface area contributed by atoms with Crippen LogP contribution in [-0.4, -0.2) is 50.4 Å². The van der Waals surface area contributed by atoms with Crippen molar-refractivity contribution in [3.63, 3.8) is 0 Å². The maximum atomic E-state index is 11.8. The normalized spacial score (nSPS) is 20.8. The van der Waals surface area contributed by atoms with Crippen molar-refractivity contribution in [1.82, 2.24) is 4.90 Å². The van der Waals surface area contributed by atoms with Crippen molar-refractivity contribution in [3.8, 4) is 0 Å². The molecule has 2 N–H and O–H groups in total. The van der Waals surface area contributed by atoms with Crippen LogP contribution in [0.2, 0.25) is 0 Å². The SMILES string of the molecule is CS(=O)(=O)CC(=O)N1CCCCC1CCN.Cl. The summed E-state index contributed by atoms with van der Waals surface area (Å²) >= 11 is 0. The van der Waals surface area contributed by atoms with Crippen molar-refractivity contribution in [1.29, 1.82) is 0 Å². The fraction of sp³-hybridized carbons (Fsp3) is 0.900. The molecule has 1 atom stereocenters. The van der Waals surface area contributed by atoms with E-state index in [0.29, 0.717) is 13.1 Å². The number of likely N-dealkylation sites (tertiary alicyclic amines) is 1. The van der Waals surface area contributed by atoms with Gasteiger partial charge in [0, 0.05) is 18.8 Å². The third-order valence-corrected chi connectivity index (χ3v) is 3.60. The van der Waals surface area contributed by atoms with Crippen molar-refractivity contribution in [2.24, 2.45) is 5.73 Å². The Labute approximate surface area is 109 Å². The number of hydrogen-bond acceptors (Lipinski definition) is 4. The predicted molar refractivity (Wildman–Crippen MR) is 70.0 cm³/mol. The first-order chi connectivity index (χ1) is 7.44. The molecule has 5 nitrogen and oxygen atoms in total. The molecule has 0 aromatic rings. The molecule has 0 radical (unpaired) electrons. The van der Waals surface area contributed by atoms with E-state index in [1.54, 1.807) is 4.90 Å². The lowest BCUT2D eigenvalue weighted by Gasteiger charge is -2.35. The summed E-state index contributed by atoms with van der Waals surface area (Å²) in [7, 11) is -3.23. The summed E-state index contributed by atoms with van der Waals surface area (Å²) in [5, 5.41) is 0. The quantitative estimate of drug-likeness (QED) is 0.799. The van der Waals surface area contributed by atoms with Gasteiger partial charge in [0.05, 0.1) is 0 Å². The highest BCUT2D eigenvalue weighted by molar-refractivity contribution is 7.91. The van der Waals surface area contributed by atoms with Crippen LogP contribution in [0.5, 0.6) is 0 Å². The Balaban J connectivity index is 0.00000256. The van der Waals surface area contributed by atoms with Crippen LogP contribution in [0.3, 0.4) is 0 Å². The van der Waals surface area contributed by atoms with Crippen LogP contribution in [0.1, 0.15) is 25.7 Å². The van der Waals surface area contributed by atoms with Gasteiger partial charge in [0.2, 0.25) is 5.91 Å². The average molecular weight is 285 g/mol. The summed E-state index contributed by atoms with van der Waals surface area (Å²) in [4.78, 5) is 13.5. The molecule has 0 saturated carbocycles. The number of sulfone groups is 1. The lowest BCUT2D eigenvalue weighted by molar-refractivity contribution is -0.132. The van der Waals surface area contributed by atoms with E-state index in [2.05, 4.69) is 0 Å². The molecule has 1 aliphatic heterocycles. The number of rotatable bonds is 4. The van der Waals surface area contributed by atoms with Crippen LogP contribution in [0.25, 0.3) is 0 Å². The molecule has 17 heavy (non-hydrogen) atoms. The Bertz CT molecular complexity index is 343. The zero-order chi connectivity index (χ0) is 12.2. The molecule has 0 aromatic carbocycles. The molecule has 1 aliphatic rings. The molecule has 0 bridgehead atoms. The smallest absolute Gasteiger partial charge is 0.238 e. The highest BCUT2D eigenvalue weighted by atomic mass is 35.5. The van der Waals surface area contributed by atoms with E-state index >= 15 is 0 Å². The first-order valence-corrected chi connectivity index (χ1v) is 7.67. The Hall–Kier alpha value is -0.330. The second-order valence-corrected chi connectivity index (χ2v) is 6.52. The number of amides is 1. The minimum absolute atomic E-state index is 0. The summed E-state index contributed by atoms with van der Waals surface area (Å²) in [6, 6.07) is 0.132. The van der Waals surface area contributed by atoms with Gasteiger partial charge in [-0.15, -0.1) is 12.4 Å². The van der Waals surface area contributed by atoms with Gasteiger partial charge in [0.15, 0.2) is 9.84 Å². The van der Waals surface area contributed by atoms with Crippen LogP contribution in [0.4, 0.5) is 0 Å². The van der Waals surface area contributed by atoms with E-state index in [-0.39, 0.29) is 30.1 Å². The van der Waals surface area contributed by atoms with Gasteiger partial charge in [-0.05, 0) is 32.2 Å². The second kappa shape index (κ2) is 7.18. The van der Waals surface area contributed by atoms with Crippen LogP contribution < -0.4 is 5.73 Å². The Morgan fingerprint density at radius 2 is 2.06 bits per heavy atom. The standard InChI is InChI=1S/C10H20N2O3S.ClH/c1-16(14,15)8-10(13)12-7-3-2-4-9(12)5-6-11;/h9H,2-8,11H2,1H3;1H. The third kappa shape index (κ3) is 5.70. The maximum Gasteiger partial charge on any atom is 0.238 e. The van der Waals surface area contributed by atoms with Crippen molar-refractivity contribution < 1.29 is 13.2 Å². The van der Waals surface area contributed by atoms with Gasteiger partial charge in [-0.25, -0.2) is 8.42 Å². The molecular weight excluding hydrogens is 264 g/mol. The van der Waals surface area contributed by atoms with Gasteiger partial charge < -0.3 is 10.6 Å². The molecule has 1 fully saturated rings. The third-order valence-electron chi connectivity index (χ3n) is 2.83. The fourth-order valence-electron chi connectivity index (χ4n) is 2.13. The highest BCUT2D eigenvalue weighted by Crippen LogP contribution is 2.19. The Morgan fingerprint density at radius 1 is 1.41 bits per heavy atom. The second-order valence-electron chi connectivity index (χ2n) is 4.38. The Morgan fingerprint density at radius 3 is 2.59 bits per heavy atom. The fourth-order valence-corrected chi connectivity index (χ4v) is 2.74. The summed E-state index contributed by atoms with van der Waals surface area (Å²) in [6.45, 7) is 1.20. The lowest BCUT2D eigenvalue weighted by Crippen LogP contribution is -2.46. The zero-order valence-corrected chi connectivity index (χ0v) is 11.7. The van der Waals surface area contributed by atoms with E-state index < -0.39 is 9.84 Å². The molecule has 0 spiro atoms. The number of carbonyl (C=O) groups is 1. The minimum atomic E-state index is -3.23. The van der Waals surface area contributed by atoms with Crippen molar-refractivity contribution >= 4 is 28.2 Å². The number of carbonyl (C=O) groups excluding carboxylic acids is 1. The van der Waals surface area contributed by atoms with Crippen LogP contribution in [0.15, 0.2) is 0 Å². The van der Waals surface area contributed by atoms with Crippen molar-refractivity contribution in [2.45, 2.75) is 31.7 Å². The molecule has 0 aliphatic carbocycles.